The van der Waals surface area contributed by atoms with Gasteiger partial charge < -0.3 is 0 Å². The summed E-state index contributed by atoms with van der Waals surface area (Å²) in [5.74, 6) is 0.734. The van der Waals surface area contributed by atoms with Crippen LogP contribution in [0.15, 0.2) is 0 Å². The van der Waals surface area contributed by atoms with Crippen LogP contribution in [0.5, 0.6) is 0 Å². The van der Waals surface area contributed by atoms with Gasteiger partial charge in [0.1, 0.15) is 9.84 Å². The molecule has 0 aromatic carbocycles. The van der Waals surface area contributed by atoms with Gasteiger partial charge in [0, 0.05) is 11.1 Å². The molecule has 0 spiro atoms. The first-order chi connectivity index (χ1) is 7.54. The van der Waals surface area contributed by atoms with Crippen LogP contribution in [0.25, 0.3) is 0 Å². The van der Waals surface area contributed by atoms with Crippen molar-refractivity contribution < 1.29 is 8.42 Å². The molecule has 1 rings (SSSR count). The van der Waals surface area contributed by atoms with Crippen molar-refractivity contribution in [1.82, 2.24) is 0 Å². The monoisotopic (exact) mass is 310 g/mol. The van der Waals surface area contributed by atoms with Crippen molar-refractivity contribution in [3.05, 3.63) is 0 Å². The lowest BCUT2D eigenvalue weighted by Gasteiger charge is -2.35. The molecule has 1 aliphatic carbocycles. The van der Waals surface area contributed by atoms with E-state index in [-0.39, 0.29) is 5.41 Å². The van der Waals surface area contributed by atoms with Crippen molar-refractivity contribution >= 4 is 25.8 Å². The van der Waals surface area contributed by atoms with Crippen LogP contribution in [0.4, 0.5) is 0 Å². The smallest absolute Gasteiger partial charge is 0.150 e. The third-order valence-electron chi connectivity index (χ3n) is 3.66. The lowest BCUT2D eigenvalue weighted by Crippen LogP contribution is -2.29. The largest absolute Gasteiger partial charge is 0.229 e. The van der Waals surface area contributed by atoms with Gasteiger partial charge in [-0.15, -0.1) is 0 Å². The Bertz CT molecular complexity index is 292. The Morgan fingerprint density at radius 1 is 1.12 bits per heavy atom. The fraction of sp³-hybridized carbons (Fsp3) is 1.00. The molecule has 0 amide bonds. The lowest BCUT2D eigenvalue weighted by molar-refractivity contribution is 0.217. The van der Waals surface area contributed by atoms with Crippen molar-refractivity contribution in [3.63, 3.8) is 0 Å². The van der Waals surface area contributed by atoms with Gasteiger partial charge in [-0.25, -0.2) is 8.42 Å². The van der Waals surface area contributed by atoms with Crippen molar-refractivity contribution in [2.75, 3.05) is 16.8 Å². The van der Waals surface area contributed by atoms with Crippen molar-refractivity contribution in [1.29, 1.82) is 0 Å². The molecule has 0 saturated heterocycles. The molecule has 16 heavy (non-hydrogen) atoms. The zero-order valence-electron chi connectivity index (χ0n) is 10.2. The van der Waals surface area contributed by atoms with Crippen LogP contribution < -0.4 is 0 Å². The Morgan fingerprint density at radius 3 is 2.25 bits per heavy atom. The molecule has 0 aromatic heterocycles. The van der Waals surface area contributed by atoms with Crippen LogP contribution in [0, 0.1) is 5.41 Å². The third kappa shape index (κ3) is 4.36. The second kappa shape index (κ2) is 6.39. The highest BCUT2D eigenvalue weighted by Gasteiger charge is 2.31. The molecule has 1 aliphatic rings. The van der Waals surface area contributed by atoms with Gasteiger partial charge in [0.05, 0.1) is 5.75 Å². The van der Waals surface area contributed by atoms with Gasteiger partial charge in [0.15, 0.2) is 0 Å². The van der Waals surface area contributed by atoms with Crippen molar-refractivity contribution in [2.24, 2.45) is 5.41 Å². The molecule has 0 atom stereocenters. The highest BCUT2D eigenvalue weighted by Crippen LogP contribution is 2.41. The van der Waals surface area contributed by atoms with Gasteiger partial charge in [-0.2, -0.15) is 0 Å². The topological polar surface area (TPSA) is 34.1 Å². The first kappa shape index (κ1) is 14.5. The molecule has 0 bridgehead atoms. The average Bonchev–Trinajstić information content (AvgIpc) is 2.28. The van der Waals surface area contributed by atoms with Crippen LogP contribution in [-0.2, 0) is 9.84 Å². The number of hydrogen-bond acceptors (Lipinski definition) is 2. The van der Waals surface area contributed by atoms with Crippen LogP contribution in [-0.4, -0.2) is 25.3 Å². The highest BCUT2D eigenvalue weighted by molar-refractivity contribution is 9.09. The van der Waals surface area contributed by atoms with E-state index < -0.39 is 9.84 Å². The zero-order valence-corrected chi connectivity index (χ0v) is 12.6. The van der Waals surface area contributed by atoms with Crippen molar-refractivity contribution in [2.45, 2.75) is 51.9 Å². The standard InChI is InChI=1S/C12H23BrO2S/c1-2-9-16(14,15)10-8-12(11-13)6-4-3-5-7-12/h2-11H2,1H3. The first-order valence-corrected chi connectivity index (χ1v) is 9.24. The molecule has 1 fully saturated rings. The van der Waals surface area contributed by atoms with Crippen LogP contribution in [0.3, 0.4) is 0 Å². The molecular weight excluding hydrogens is 288 g/mol. The van der Waals surface area contributed by atoms with Gasteiger partial charge in [-0.3, -0.25) is 0 Å². The summed E-state index contributed by atoms with van der Waals surface area (Å²) in [7, 11) is -2.80. The normalized spacial score (nSPS) is 20.9. The summed E-state index contributed by atoms with van der Waals surface area (Å²) >= 11 is 3.58. The van der Waals surface area contributed by atoms with E-state index in [1.165, 1.54) is 32.1 Å². The fourth-order valence-electron chi connectivity index (χ4n) is 2.54. The Labute approximate surface area is 108 Å². The van der Waals surface area contributed by atoms with Gasteiger partial charge in [-0.1, -0.05) is 42.1 Å². The molecule has 0 N–H and O–H groups in total. The Kier molecular flexibility index (Phi) is 5.78. The molecule has 96 valence electrons. The van der Waals surface area contributed by atoms with E-state index in [4.69, 9.17) is 0 Å². The molecule has 0 aliphatic heterocycles. The SMILES string of the molecule is CCCS(=O)(=O)CCC1(CBr)CCCCC1. The third-order valence-corrected chi connectivity index (χ3v) is 6.70. The number of hydrogen-bond donors (Lipinski definition) is 0. The second-order valence-corrected chi connectivity index (χ2v) is 7.96. The fourth-order valence-corrected chi connectivity index (χ4v) is 4.95. The van der Waals surface area contributed by atoms with Crippen molar-refractivity contribution in [3.8, 4) is 0 Å². The number of rotatable bonds is 6. The van der Waals surface area contributed by atoms with Crippen LogP contribution >= 0.6 is 15.9 Å². The van der Waals surface area contributed by atoms with E-state index in [2.05, 4.69) is 15.9 Å². The van der Waals surface area contributed by atoms with E-state index in [1.807, 2.05) is 6.92 Å². The molecule has 0 unspecified atom stereocenters. The highest BCUT2D eigenvalue weighted by atomic mass is 79.9. The maximum Gasteiger partial charge on any atom is 0.150 e. The van der Waals surface area contributed by atoms with Gasteiger partial charge >= 0.3 is 0 Å². The summed E-state index contributed by atoms with van der Waals surface area (Å²) in [5, 5.41) is 0.960. The predicted molar refractivity (Wildman–Crippen MR) is 72.9 cm³/mol. The van der Waals surface area contributed by atoms with Crippen LogP contribution in [0.1, 0.15) is 51.9 Å². The Hall–Kier alpha value is 0.430. The Morgan fingerprint density at radius 2 is 1.75 bits per heavy atom. The first-order valence-electron chi connectivity index (χ1n) is 6.30. The van der Waals surface area contributed by atoms with Gasteiger partial charge in [-0.05, 0) is 31.1 Å². The summed E-state index contributed by atoms with van der Waals surface area (Å²) < 4.78 is 23.4. The molecule has 2 nitrogen and oxygen atoms in total. The lowest BCUT2D eigenvalue weighted by atomic mass is 9.74. The summed E-state index contributed by atoms with van der Waals surface area (Å²) in [5.41, 5.74) is 0.263. The summed E-state index contributed by atoms with van der Waals surface area (Å²) in [6.45, 7) is 1.93. The maximum atomic E-state index is 11.7. The minimum atomic E-state index is -2.80. The summed E-state index contributed by atoms with van der Waals surface area (Å²) in [6.07, 6.45) is 7.82. The van der Waals surface area contributed by atoms with Crippen LogP contribution in [0.2, 0.25) is 0 Å². The number of alkyl halides is 1. The van der Waals surface area contributed by atoms with Gasteiger partial charge in [0.25, 0.3) is 0 Å². The summed E-state index contributed by atoms with van der Waals surface area (Å²) in [6, 6.07) is 0. The quantitative estimate of drug-likeness (QED) is 0.703. The average molecular weight is 311 g/mol. The van der Waals surface area contributed by atoms with E-state index >= 15 is 0 Å². The van der Waals surface area contributed by atoms with E-state index in [1.54, 1.807) is 0 Å². The minimum absolute atomic E-state index is 0.263. The second-order valence-electron chi connectivity index (χ2n) is 5.10. The molecule has 1 saturated carbocycles. The molecule has 4 heteroatoms. The number of halogens is 1. The molecule has 0 heterocycles. The van der Waals surface area contributed by atoms with E-state index in [9.17, 15) is 8.42 Å². The predicted octanol–water partition coefficient (Wildman–Crippen LogP) is 3.55. The zero-order chi connectivity index (χ0) is 12.1. The molecule has 0 radical (unpaired) electrons. The molecular formula is C12H23BrO2S. The van der Waals surface area contributed by atoms with Gasteiger partial charge in [0.2, 0.25) is 0 Å². The minimum Gasteiger partial charge on any atom is -0.229 e. The molecule has 0 aromatic rings. The maximum absolute atomic E-state index is 11.7. The van der Waals surface area contributed by atoms with E-state index in [0.29, 0.717) is 11.5 Å². The Balaban J connectivity index is 2.50. The summed E-state index contributed by atoms with van der Waals surface area (Å²) in [4.78, 5) is 0. The van der Waals surface area contributed by atoms with E-state index in [0.717, 1.165) is 18.2 Å². The number of sulfone groups is 1.